The number of rotatable bonds is 4. The Hall–Kier alpha value is -1.83. The van der Waals surface area contributed by atoms with Crippen LogP contribution in [-0.4, -0.2) is 7.05 Å². The summed E-state index contributed by atoms with van der Waals surface area (Å²) in [6.45, 7) is 0.732. The summed E-state index contributed by atoms with van der Waals surface area (Å²) in [5.74, 6) is -0.255. The van der Waals surface area contributed by atoms with Crippen LogP contribution in [0.25, 0.3) is 0 Å². The zero-order valence-corrected chi connectivity index (χ0v) is 11.3. The highest BCUT2D eigenvalue weighted by molar-refractivity contribution is 7.99. The Morgan fingerprint density at radius 2 is 1.95 bits per heavy atom. The summed E-state index contributed by atoms with van der Waals surface area (Å²) in [6.07, 6.45) is 0. The molecule has 1 N–H and O–H groups in total. The van der Waals surface area contributed by atoms with E-state index in [1.807, 2.05) is 25.2 Å². The van der Waals surface area contributed by atoms with Crippen LogP contribution < -0.4 is 5.32 Å². The first-order valence-electron chi connectivity index (χ1n) is 5.84. The van der Waals surface area contributed by atoms with E-state index in [-0.39, 0.29) is 5.82 Å². The van der Waals surface area contributed by atoms with E-state index in [1.54, 1.807) is 12.1 Å². The molecule has 19 heavy (non-hydrogen) atoms. The van der Waals surface area contributed by atoms with Crippen LogP contribution >= 0.6 is 11.8 Å². The molecular weight excluding hydrogens is 259 g/mol. The standard InChI is InChI=1S/C15H13FN2S/c1-18-10-11-2-7-15(12(8-11)9-17)19-14-5-3-13(16)4-6-14/h2-8,18H,10H2,1H3. The largest absolute Gasteiger partial charge is 0.316 e. The van der Waals surface area contributed by atoms with Gasteiger partial charge in [0.05, 0.1) is 5.56 Å². The summed E-state index contributed by atoms with van der Waals surface area (Å²) in [5.41, 5.74) is 1.71. The number of halogens is 1. The maximum Gasteiger partial charge on any atom is 0.123 e. The van der Waals surface area contributed by atoms with Gasteiger partial charge in [-0.15, -0.1) is 0 Å². The van der Waals surface area contributed by atoms with Crippen molar-refractivity contribution in [1.82, 2.24) is 5.32 Å². The molecule has 0 fully saturated rings. The second-order valence-electron chi connectivity index (χ2n) is 4.03. The quantitative estimate of drug-likeness (QED) is 0.924. The predicted molar refractivity (Wildman–Crippen MR) is 74.4 cm³/mol. The minimum absolute atomic E-state index is 0.255. The van der Waals surface area contributed by atoms with E-state index in [9.17, 15) is 9.65 Å². The lowest BCUT2D eigenvalue weighted by molar-refractivity contribution is 0.626. The molecule has 0 aliphatic heterocycles. The molecule has 0 aromatic heterocycles. The van der Waals surface area contributed by atoms with Gasteiger partial charge in [0.2, 0.25) is 0 Å². The number of hydrogen-bond donors (Lipinski definition) is 1. The molecule has 0 atom stereocenters. The highest BCUT2D eigenvalue weighted by Gasteiger charge is 2.05. The molecule has 2 rings (SSSR count). The van der Waals surface area contributed by atoms with Crippen LogP contribution in [0.3, 0.4) is 0 Å². The van der Waals surface area contributed by atoms with E-state index in [0.29, 0.717) is 5.56 Å². The molecule has 0 unspecified atom stereocenters. The van der Waals surface area contributed by atoms with Crippen LogP contribution in [0.15, 0.2) is 52.3 Å². The molecule has 2 aromatic rings. The third-order valence-electron chi connectivity index (χ3n) is 2.59. The number of nitrogens with one attached hydrogen (secondary N) is 1. The molecule has 0 aliphatic carbocycles. The van der Waals surface area contributed by atoms with Crippen LogP contribution in [0.5, 0.6) is 0 Å². The van der Waals surface area contributed by atoms with E-state index in [1.165, 1.54) is 23.9 Å². The van der Waals surface area contributed by atoms with Gasteiger partial charge in [-0.05, 0) is 49.0 Å². The lowest BCUT2D eigenvalue weighted by Gasteiger charge is -2.06. The van der Waals surface area contributed by atoms with Gasteiger partial charge in [0.25, 0.3) is 0 Å². The molecule has 0 heterocycles. The molecule has 96 valence electrons. The number of nitrogens with zero attached hydrogens (tertiary/aromatic N) is 1. The summed E-state index contributed by atoms with van der Waals surface area (Å²) < 4.78 is 12.8. The second-order valence-corrected chi connectivity index (χ2v) is 5.14. The van der Waals surface area contributed by atoms with E-state index in [2.05, 4.69) is 11.4 Å². The van der Waals surface area contributed by atoms with Crippen LogP contribution in [0, 0.1) is 17.1 Å². The van der Waals surface area contributed by atoms with Crippen molar-refractivity contribution in [3.63, 3.8) is 0 Å². The maximum atomic E-state index is 12.8. The third kappa shape index (κ3) is 3.57. The topological polar surface area (TPSA) is 35.8 Å². The van der Waals surface area contributed by atoms with Gasteiger partial charge >= 0.3 is 0 Å². The Labute approximate surface area is 116 Å². The molecule has 2 aromatic carbocycles. The molecule has 0 amide bonds. The normalized spacial score (nSPS) is 10.2. The molecule has 0 saturated carbocycles. The van der Waals surface area contributed by atoms with E-state index < -0.39 is 0 Å². The van der Waals surface area contributed by atoms with Gasteiger partial charge in [-0.1, -0.05) is 17.8 Å². The van der Waals surface area contributed by atoms with E-state index in [4.69, 9.17) is 0 Å². The fraction of sp³-hybridized carbons (Fsp3) is 0.133. The second kappa shape index (κ2) is 6.37. The first kappa shape index (κ1) is 13.6. The van der Waals surface area contributed by atoms with Crippen LogP contribution in [0.1, 0.15) is 11.1 Å². The Balaban J connectivity index is 2.25. The van der Waals surface area contributed by atoms with Gasteiger partial charge in [0.1, 0.15) is 11.9 Å². The number of benzene rings is 2. The lowest BCUT2D eigenvalue weighted by Crippen LogP contribution is -2.05. The zero-order valence-electron chi connectivity index (χ0n) is 10.5. The van der Waals surface area contributed by atoms with Crippen molar-refractivity contribution >= 4 is 11.8 Å². The average molecular weight is 272 g/mol. The highest BCUT2D eigenvalue weighted by atomic mass is 32.2. The van der Waals surface area contributed by atoms with Crippen molar-refractivity contribution in [1.29, 1.82) is 5.26 Å². The molecule has 4 heteroatoms. The van der Waals surface area contributed by atoms with Gasteiger partial charge < -0.3 is 5.32 Å². The van der Waals surface area contributed by atoms with Gasteiger partial charge in [-0.2, -0.15) is 5.26 Å². The number of nitriles is 1. The monoisotopic (exact) mass is 272 g/mol. The lowest BCUT2D eigenvalue weighted by atomic mass is 10.1. The molecule has 0 bridgehead atoms. The third-order valence-corrected chi connectivity index (χ3v) is 3.67. The van der Waals surface area contributed by atoms with Gasteiger partial charge in [0, 0.05) is 16.3 Å². The Morgan fingerprint density at radius 1 is 1.21 bits per heavy atom. The fourth-order valence-electron chi connectivity index (χ4n) is 1.70. The van der Waals surface area contributed by atoms with Crippen LogP contribution in [0.4, 0.5) is 4.39 Å². The van der Waals surface area contributed by atoms with Crippen molar-refractivity contribution in [3.05, 3.63) is 59.4 Å². The maximum absolute atomic E-state index is 12.8. The Morgan fingerprint density at radius 3 is 2.58 bits per heavy atom. The molecule has 0 aliphatic rings. The van der Waals surface area contributed by atoms with E-state index >= 15 is 0 Å². The Kier molecular flexibility index (Phi) is 4.56. The molecular formula is C15H13FN2S. The van der Waals surface area contributed by atoms with E-state index in [0.717, 1.165) is 21.9 Å². The summed E-state index contributed by atoms with van der Waals surface area (Å²) in [5, 5.41) is 12.2. The average Bonchev–Trinajstić information content (AvgIpc) is 2.43. The molecule has 2 nitrogen and oxygen atoms in total. The van der Waals surface area contributed by atoms with Gasteiger partial charge in [-0.3, -0.25) is 0 Å². The summed E-state index contributed by atoms with van der Waals surface area (Å²) >= 11 is 1.46. The molecule has 0 radical (unpaired) electrons. The SMILES string of the molecule is CNCc1ccc(Sc2ccc(F)cc2)c(C#N)c1. The minimum Gasteiger partial charge on any atom is -0.316 e. The van der Waals surface area contributed by atoms with Crippen molar-refractivity contribution in [3.8, 4) is 6.07 Å². The summed E-state index contributed by atoms with van der Waals surface area (Å²) in [6, 6.07) is 14.3. The first-order valence-corrected chi connectivity index (χ1v) is 6.65. The molecule has 0 spiro atoms. The fourth-order valence-corrected chi connectivity index (χ4v) is 2.57. The van der Waals surface area contributed by atoms with Crippen LogP contribution in [-0.2, 0) is 6.54 Å². The summed E-state index contributed by atoms with van der Waals surface area (Å²) in [7, 11) is 1.87. The first-order chi connectivity index (χ1) is 9.22. The van der Waals surface area contributed by atoms with Gasteiger partial charge in [-0.25, -0.2) is 4.39 Å². The predicted octanol–water partition coefficient (Wildman–Crippen LogP) is 3.57. The van der Waals surface area contributed by atoms with Gasteiger partial charge in [0.15, 0.2) is 0 Å². The zero-order chi connectivity index (χ0) is 13.7. The van der Waals surface area contributed by atoms with Crippen molar-refractivity contribution in [2.24, 2.45) is 0 Å². The summed E-state index contributed by atoms with van der Waals surface area (Å²) in [4.78, 5) is 1.80. The van der Waals surface area contributed by atoms with Crippen molar-refractivity contribution in [2.45, 2.75) is 16.3 Å². The smallest absolute Gasteiger partial charge is 0.123 e. The highest BCUT2D eigenvalue weighted by Crippen LogP contribution is 2.30. The molecule has 0 saturated heterocycles. The van der Waals surface area contributed by atoms with Crippen LogP contribution in [0.2, 0.25) is 0 Å². The van der Waals surface area contributed by atoms with Crippen molar-refractivity contribution in [2.75, 3.05) is 7.05 Å². The van der Waals surface area contributed by atoms with Crippen molar-refractivity contribution < 1.29 is 4.39 Å². The Bertz CT molecular complexity index is 603. The minimum atomic E-state index is -0.255. The number of hydrogen-bond acceptors (Lipinski definition) is 3.